The second-order valence-electron chi connectivity index (χ2n) is 3.83. The van der Waals surface area contributed by atoms with E-state index in [2.05, 4.69) is 5.32 Å². The van der Waals surface area contributed by atoms with Crippen LogP contribution in [0.5, 0.6) is 0 Å². The van der Waals surface area contributed by atoms with E-state index in [1.54, 1.807) is 6.92 Å². The van der Waals surface area contributed by atoms with E-state index < -0.39 is 0 Å². The summed E-state index contributed by atoms with van der Waals surface area (Å²) in [4.78, 5) is 0. The third kappa shape index (κ3) is 3.52. The highest BCUT2D eigenvalue weighted by Crippen LogP contribution is 2.25. The van der Waals surface area contributed by atoms with Crippen molar-refractivity contribution in [3.05, 3.63) is 0 Å². The standard InChI is InChI=1S/C9H19NO2/c1-7(11)2-3-10-6-8-4-9(12)5-8/h7-12H,2-6H2,1H3. The summed E-state index contributed by atoms with van der Waals surface area (Å²) in [5.74, 6) is 0.661. The van der Waals surface area contributed by atoms with Gasteiger partial charge in [-0.1, -0.05) is 0 Å². The van der Waals surface area contributed by atoms with E-state index in [1.165, 1.54) is 0 Å². The van der Waals surface area contributed by atoms with Gasteiger partial charge in [0.15, 0.2) is 0 Å². The molecule has 3 heteroatoms. The summed E-state index contributed by atoms with van der Waals surface area (Å²) >= 11 is 0. The van der Waals surface area contributed by atoms with Gasteiger partial charge < -0.3 is 15.5 Å². The van der Waals surface area contributed by atoms with Crippen LogP contribution in [0.1, 0.15) is 26.2 Å². The molecule has 0 spiro atoms. The quantitative estimate of drug-likeness (QED) is 0.517. The Kier molecular flexibility index (Phi) is 3.98. The molecule has 1 atom stereocenters. The van der Waals surface area contributed by atoms with Gasteiger partial charge in [-0.05, 0) is 45.2 Å². The van der Waals surface area contributed by atoms with Crippen LogP contribution in [-0.2, 0) is 0 Å². The summed E-state index contributed by atoms with van der Waals surface area (Å²) in [5.41, 5.74) is 0. The lowest BCUT2D eigenvalue weighted by atomic mass is 9.82. The molecule has 0 aromatic heterocycles. The van der Waals surface area contributed by atoms with Crippen molar-refractivity contribution < 1.29 is 10.2 Å². The van der Waals surface area contributed by atoms with Gasteiger partial charge in [0, 0.05) is 0 Å². The minimum atomic E-state index is -0.204. The molecule has 0 heterocycles. The van der Waals surface area contributed by atoms with Gasteiger partial charge in [-0.15, -0.1) is 0 Å². The molecule has 0 aromatic carbocycles. The first-order chi connectivity index (χ1) is 5.68. The van der Waals surface area contributed by atoms with Crippen LogP contribution in [0.4, 0.5) is 0 Å². The zero-order chi connectivity index (χ0) is 8.97. The van der Waals surface area contributed by atoms with Crippen LogP contribution in [0.2, 0.25) is 0 Å². The molecular weight excluding hydrogens is 154 g/mol. The summed E-state index contributed by atoms with van der Waals surface area (Å²) < 4.78 is 0. The van der Waals surface area contributed by atoms with Crippen LogP contribution in [0, 0.1) is 5.92 Å². The first kappa shape index (κ1) is 9.96. The Bertz CT molecular complexity index is 122. The predicted octanol–water partition coefficient (Wildman–Crippen LogP) is 0.118. The number of aliphatic hydroxyl groups is 2. The van der Waals surface area contributed by atoms with Gasteiger partial charge in [0.1, 0.15) is 0 Å². The monoisotopic (exact) mass is 173 g/mol. The largest absolute Gasteiger partial charge is 0.393 e. The van der Waals surface area contributed by atoms with Crippen LogP contribution >= 0.6 is 0 Å². The lowest BCUT2D eigenvalue weighted by Gasteiger charge is -2.31. The minimum Gasteiger partial charge on any atom is -0.393 e. The number of hydrogen-bond acceptors (Lipinski definition) is 3. The average molecular weight is 173 g/mol. The number of rotatable bonds is 5. The van der Waals surface area contributed by atoms with Crippen LogP contribution < -0.4 is 5.32 Å². The van der Waals surface area contributed by atoms with Gasteiger partial charge in [-0.3, -0.25) is 0 Å². The smallest absolute Gasteiger partial charge is 0.0546 e. The molecule has 0 saturated heterocycles. The van der Waals surface area contributed by atoms with Crippen molar-refractivity contribution in [2.24, 2.45) is 5.92 Å². The summed E-state index contributed by atoms with van der Waals surface area (Å²) in [5, 5.41) is 21.2. The first-order valence-corrected chi connectivity index (χ1v) is 4.75. The van der Waals surface area contributed by atoms with E-state index in [9.17, 15) is 0 Å². The molecule has 1 rings (SSSR count). The maximum atomic E-state index is 9.00. The van der Waals surface area contributed by atoms with Gasteiger partial charge in [0.25, 0.3) is 0 Å². The Hall–Kier alpha value is -0.120. The molecule has 0 radical (unpaired) electrons. The summed E-state index contributed by atoms with van der Waals surface area (Å²) in [6.07, 6.45) is 2.46. The van der Waals surface area contributed by atoms with Crippen molar-refractivity contribution in [1.29, 1.82) is 0 Å². The highest BCUT2D eigenvalue weighted by atomic mass is 16.3. The van der Waals surface area contributed by atoms with Crippen molar-refractivity contribution in [3.63, 3.8) is 0 Å². The highest BCUT2D eigenvalue weighted by Gasteiger charge is 2.26. The molecule has 12 heavy (non-hydrogen) atoms. The summed E-state index contributed by atoms with van der Waals surface area (Å²) in [6.45, 7) is 3.67. The van der Waals surface area contributed by atoms with Crippen molar-refractivity contribution in [2.45, 2.75) is 38.4 Å². The SMILES string of the molecule is CC(O)CCNCC1CC(O)C1. The average Bonchev–Trinajstić information content (AvgIpc) is 1.93. The lowest BCUT2D eigenvalue weighted by molar-refractivity contribution is 0.0427. The number of nitrogens with one attached hydrogen (secondary N) is 1. The van der Waals surface area contributed by atoms with Crippen molar-refractivity contribution in [3.8, 4) is 0 Å². The second kappa shape index (κ2) is 4.80. The Morgan fingerprint density at radius 2 is 2.17 bits per heavy atom. The van der Waals surface area contributed by atoms with E-state index in [4.69, 9.17) is 10.2 Å². The van der Waals surface area contributed by atoms with E-state index >= 15 is 0 Å². The Morgan fingerprint density at radius 3 is 2.67 bits per heavy atom. The van der Waals surface area contributed by atoms with Gasteiger partial charge in [0.05, 0.1) is 12.2 Å². The van der Waals surface area contributed by atoms with E-state index in [0.29, 0.717) is 5.92 Å². The number of hydrogen-bond donors (Lipinski definition) is 3. The van der Waals surface area contributed by atoms with Crippen LogP contribution in [0.3, 0.4) is 0 Å². The Morgan fingerprint density at radius 1 is 1.50 bits per heavy atom. The Labute approximate surface area is 73.8 Å². The maximum Gasteiger partial charge on any atom is 0.0546 e. The zero-order valence-corrected chi connectivity index (χ0v) is 7.66. The first-order valence-electron chi connectivity index (χ1n) is 4.75. The molecule has 72 valence electrons. The predicted molar refractivity (Wildman–Crippen MR) is 47.9 cm³/mol. The Balaban J connectivity index is 1.83. The minimum absolute atomic E-state index is 0.0476. The van der Waals surface area contributed by atoms with E-state index in [1.807, 2.05) is 0 Å². The molecule has 1 aliphatic rings. The van der Waals surface area contributed by atoms with E-state index in [-0.39, 0.29) is 12.2 Å². The van der Waals surface area contributed by atoms with Gasteiger partial charge >= 0.3 is 0 Å². The van der Waals surface area contributed by atoms with Crippen LogP contribution in [0.25, 0.3) is 0 Å². The molecule has 3 N–H and O–H groups in total. The lowest BCUT2D eigenvalue weighted by Crippen LogP contribution is -2.36. The van der Waals surface area contributed by atoms with Crippen molar-refractivity contribution >= 4 is 0 Å². The van der Waals surface area contributed by atoms with Crippen molar-refractivity contribution in [2.75, 3.05) is 13.1 Å². The van der Waals surface area contributed by atoms with E-state index in [0.717, 1.165) is 32.4 Å². The van der Waals surface area contributed by atoms with Crippen molar-refractivity contribution in [1.82, 2.24) is 5.32 Å². The molecular formula is C9H19NO2. The molecule has 1 aliphatic carbocycles. The van der Waals surface area contributed by atoms with Gasteiger partial charge in [0.2, 0.25) is 0 Å². The fourth-order valence-corrected chi connectivity index (χ4v) is 1.48. The fraction of sp³-hybridized carbons (Fsp3) is 1.00. The second-order valence-corrected chi connectivity index (χ2v) is 3.83. The molecule has 0 amide bonds. The molecule has 0 bridgehead atoms. The molecule has 1 fully saturated rings. The zero-order valence-electron chi connectivity index (χ0n) is 7.66. The molecule has 1 unspecified atom stereocenters. The summed E-state index contributed by atoms with van der Waals surface area (Å²) in [7, 11) is 0. The third-order valence-electron chi connectivity index (χ3n) is 2.38. The maximum absolute atomic E-state index is 9.00. The topological polar surface area (TPSA) is 52.5 Å². The van der Waals surface area contributed by atoms with Crippen LogP contribution in [0.15, 0.2) is 0 Å². The summed E-state index contributed by atoms with van der Waals surface area (Å²) in [6, 6.07) is 0. The number of aliphatic hydroxyl groups excluding tert-OH is 2. The van der Waals surface area contributed by atoms with Gasteiger partial charge in [-0.25, -0.2) is 0 Å². The third-order valence-corrected chi connectivity index (χ3v) is 2.38. The molecule has 1 saturated carbocycles. The molecule has 3 nitrogen and oxygen atoms in total. The molecule has 0 aromatic rings. The van der Waals surface area contributed by atoms with Gasteiger partial charge in [-0.2, -0.15) is 0 Å². The fourth-order valence-electron chi connectivity index (χ4n) is 1.48. The molecule has 0 aliphatic heterocycles. The highest BCUT2D eigenvalue weighted by molar-refractivity contribution is 4.79. The normalized spacial score (nSPS) is 31.2. The van der Waals surface area contributed by atoms with Crippen LogP contribution in [-0.4, -0.2) is 35.5 Å².